The molecule has 0 radical (unpaired) electrons. The molecule has 0 aliphatic heterocycles. The maximum atomic E-state index is 11.6. The topological polar surface area (TPSA) is 50.2 Å². The van der Waals surface area contributed by atoms with Gasteiger partial charge in [0.25, 0.3) is 5.24 Å². The van der Waals surface area contributed by atoms with Gasteiger partial charge in [-0.1, -0.05) is 48.5 Å². The number of para-hydroxylation sites is 1. The maximum absolute atomic E-state index is 11.6. The molecule has 0 aliphatic rings. The third-order valence-electron chi connectivity index (χ3n) is 3.11. The monoisotopic (exact) mass is 283 g/mol. The third-order valence-corrected chi connectivity index (χ3v) is 3.30. The second-order valence-electron chi connectivity index (χ2n) is 4.34. The summed E-state index contributed by atoms with van der Waals surface area (Å²) in [5.74, 6) is -0.185. The number of pyridine rings is 1. The first-order valence-electron chi connectivity index (χ1n) is 6.05. The first kappa shape index (κ1) is 12.6. The average Bonchev–Trinajstić information content (AvgIpc) is 2.47. The van der Waals surface area contributed by atoms with Crippen LogP contribution in [0.2, 0.25) is 0 Å². The van der Waals surface area contributed by atoms with Crippen LogP contribution in [0, 0.1) is 0 Å². The highest BCUT2D eigenvalue weighted by molar-refractivity contribution is 6.69. The van der Waals surface area contributed by atoms with Crippen LogP contribution >= 0.6 is 11.6 Å². The summed E-state index contributed by atoms with van der Waals surface area (Å²) in [7, 11) is 0. The molecular weight excluding hydrogens is 274 g/mol. The van der Waals surface area contributed by atoms with E-state index in [0.717, 1.165) is 5.56 Å². The predicted octanol–water partition coefficient (Wildman–Crippen LogP) is 3.99. The van der Waals surface area contributed by atoms with Gasteiger partial charge in [-0.05, 0) is 17.7 Å². The Bertz CT molecular complexity index is 800. The highest BCUT2D eigenvalue weighted by Crippen LogP contribution is 2.35. The van der Waals surface area contributed by atoms with E-state index < -0.39 is 5.24 Å². The molecule has 0 atom stereocenters. The fourth-order valence-electron chi connectivity index (χ4n) is 2.20. The highest BCUT2D eigenvalue weighted by Gasteiger charge is 2.19. The fourth-order valence-corrected chi connectivity index (χ4v) is 2.39. The van der Waals surface area contributed by atoms with Gasteiger partial charge >= 0.3 is 0 Å². The summed E-state index contributed by atoms with van der Waals surface area (Å²) in [6, 6.07) is 16.3. The van der Waals surface area contributed by atoms with E-state index in [-0.39, 0.29) is 11.3 Å². The lowest BCUT2D eigenvalue weighted by Crippen LogP contribution is -1.97. The van der Waals surface area contributed by atoms with E-state index in [0.29, 0.717) is 16.6 Å². The molecule has 0 unspecified atom stereocenters. The molecule has 0 amide bonds. The van der Waals surface area contributed by atoms with Crippen molar-refractivity contribution in [2.24, 2.45) is 0 Å². The van der Waals surface area contributed by atoms with Crippen molar-refractivity contribution >= 4 is 27.7 Å². The number of benzene rings is 2. The van der Waals surface area contributed by atoms with Crippen LogP contribution in [0.25, 0.3) is 22.2 Å². The third kappa shape index (κ3) is 2.02. The molecule has 1 aromatic heterocycles. The molecule has 3 rings (SSSR count). The van der Waals surface area contributed by atoms with Gasteiger partial charge in [-0.25, -0.2) is 4.98 Å². The van der Waals surface area contributed by atoms with Gasteiger partial charge in [0, 0.05) is 10.9 Å². The Hall–Kier alpha value is -2.39. The van der Waals surface area contributed by atoms with Gasteiger partial charge in [0.2, 0.25) is 0 Å². The van der Waals surface area contributed by atoms with Crippen LogP contribution < -0.4 is 0 Å². The molecule has 4 heteroatoms. The van der Waals surface area contributed by atoms with Gasteiger partial charge in [-0.3, -0.25) is 4.79 Å². The zero-order valence-electron chi connectivity index (χ0n) is 10.4. The lowest BCUT2D eigenvalue weighted by atomic mass is 10.0. The van der Waals surface area contributed by atoms with Crippen LogP contribution in [0.3, 0.4) is 0 Å². The average molecular weight is 284 g/mol. The second-order valence-corrected chi connectivity index (χ2v) is 4.68. The SMILES string of the molecule is O=C(Cl)c1c(O)c(-c2ccccc2)nc2ccccc12. The van der Waals surface area contributed by atoms with Gasteiger partial charge in [-0.2, -0.15) is 0 Å². The lowest BCUT2D eigenvalue weighted by Gasteiger charge is -2.10. The number of hydrogen-bond donors (Lipinski definition) is 1. The predicted molar refractivity (Wildman–Crippen MR) is 79.0 cm³/mol. The van der Waals surface area contributed by atoms with Gasteiger partial charge < -0.3 is 5.11 Å². The number of aromatic hydroxyl groups is 1. The minimum atomic E-state index is -0.696. The minimum absolute atomic E-state index is 0.0936. The van der Waals surface area contributed by atoms with Crippen molar-refractivity contribution in [3.05, 3.63) is 60.2 Å². The Morgan fingerprint density at radius 3 is 2.35 bits per heavy atom. The molecule has 2 aromatic carbocycles. The summed E-state index contributed by atoms with van der Waals surface area (Å²) in [6.45, 7) is 0. The number of carbonyl (C=O) groups excluding carboxylic acids is 1. The molecule has 1 N–H and O–H groups in total. The standard InChI is InChI=1S/C16H10ClNO2/c17-16(20)13-11-8-4-5-9-12(11)18-14(15(13)19)10-6-2-1-3-7-10/h1-9,19H. The van der Waals surface area contributed by atoms with Crippen LogP contribution in [0.1, 0.15) is 10.4 Å². The van der Waals surface area contributed by atoms with E-state index in [2.05, 4.69) is 4.98 Å². The molecule has 3 aromatic rings. The van der Waals surface area contributed by atoms with Crippen LogP contribution in [0.5, 0.6) is 5.75 Å². The Balaban J connectivity index is 2.40. The number of hydrogen-bond acceptors (Lipinski definition) is 3. The number of rotatable bonds is 2. The Labute approximate surface area is 120 Å². The molecule has 0 saturated heterocycles. The van der Waals surface area contributed by atoms with E-state index >= 15 is 0 Å². The molecule has 0 fully saturated rings. The summed E-state index contributed by atoms with van der Waals surface area (Å²) in [5, 5.41) is 10.2. The van der Waals surface area contributed by atoms with E-state index in [1.807, 2.05) is 36.4 Å². The normalized spacial score (nSPS) is 10.7. The summed E-state index contributed by atoms with van der Waals surface area (Å²) in [5.41, 5.74) is 1.80. The molecule has 0 bridgehead atoms. The van der Waals surface area contributed by atoms with Crippen LogP contribution in [-0.4, -0.2) is 15.3 Å². The summed E-state index contributed by atoms with van der Waals surface area (Å²) >= 11 is 5.62. The lowest BCUT2D eigenvalue weighted by molar-refractivity contribution is 0.108. The van der Waals surface area contributed by atoms with E-state index in [9.17, 15) is 9.90 Å². The number of halogens is 1. The highest BCUT2D eigenvalue weighted by atomic mass is 35.5. The number of fused-ring (bicyclic) bond motifs is 1. The minimum Gasteiger partial charge on any atom is -0.505 e. The number of carbonyl (C=O) groups is 1. The smallest absolute Gasteiger partial charge is 0.256 e. The molecule has 0 saturated carbocycles. The van der Waals surface area contributed by atoms with Crippen molar-refractivity contribution < 1.29 is 9.90 Å². The zero-order valence-corrected chi connectivity index (χ0v) is 11.1. The molecule has 98 valence electrons. The van der Waals surface area contributed by atoms with Crippen molar-refractivity contribution in [1.29, 1.82) is 0 Å². The molecule has 0 aliphatic carbocycles. The second kappa shape index (κ2) is 4.94. The quantitative estimate of drug-likeness (QED) is 0.724. The summed E-state index contributed by atoms with van der Waals surface area (Å²) in [4.78, 5) is 16.1. The maximum Gasteiger partial charge on any atom is 0.256 e. The molecule has 3 nitrogen and oxygen atoms in total. The summed E-state index contributed by atoms with van der Waals surface area (Å²) in [6.07, 6.45) is 0. The fraction of sp³-hybridized carbons (Fsp3) is 0. The van der Waals surface area contributed by atoms with E-state index in [1.165, 1.54) is 0 Å². The van der Waals surface area contributed by atoms with Gasteiger partial charge in [0.05, 0.1) is 11.1 Å². The van der Waals surface area contributed by atoms with E-state index in [1.54, 1.807) is 18.2 Å². The summed E-state index contributed by atoms with van der Waals surface area (Å²) < 4.78 is 0. The van der Waals surface area contributed by atoms with Gasteiger partial charge in [0.15, 0.2) is 5.75 Å². The number of nitrogens with zero attached hydrogens (tertiary/aromatic N) is 1. The van der Waals surface area contributed by atoms with Crippen LogP contribution in [0.15, 0.2) is 54.6 Å². The first-order valence-corrected chi connectivity index (χ1v) is 6.43. The Morgan fingerprint density at radius 2 is 1.65 bits per heavy atom. The van der Waals surface area contributed by atoms with Gasteiger partial charge in [-0.15, -0.1) is 0 Å². The van der Waals surface area contributed by atoms with Crippen LogP contribution in [-0.2, 0) is 0 Å². The number of aromatic nitrogens is 1. The van der Waals surface area contributed by atoms with Crippen LogP contribution in [0.4, 0.5) is 0 Å². The molecule has 0 spiro atoms. The molecule has 20 heavy (non-hydrogen) atoms. The molecular formula is C16H10ClNO2. The Kier molecular flexibility index (Phi) is 3.12. The van der Waals surface area contributed by atoms with E-state index in [4.69, 9.17) is 11.6 Å². The Morgan fingerprint density at radius 1 is 1.00 bits per heavy atom. The molecule has 1 heterocycles. The van der Waals surface area contributed by atoms with Crippen molar-refractivity contribution in [2.75, 3.05) is 0 Å². The van der Waals surface area contributed by atoms with Crippen molar-refractivity contribution in [2.45, 2.75) is 0 Å². The van der Waals surface area contributed by atoms with Crippen molar-refractivity contribution in [3.63, 3.8) is 0 Å². The zero-order chi connectivity index (χ0) is 14.1. The largest absolute Gasteiger partial charge is 0.505 e. The van der Waals surface area contributed by atoms with Crippen molar-refractivity contribution in [1.82, 2.24) is 4.98 Å². The van der Waals surface area contributed by atoms with Crippen molar-refractivity contribution in [3.8, 4) is 17.0 Å². The first-order chi connectivity index (χ1) is 9.68. The van der Waals surface area contributed by atoms with Gasteiger partial charge in [0.1, 0.15) is 5.69 Å².